The van der Waals surface area contributed by atoms with Crippen molar-refractivity contribution in [3.8, 4) is 5.75 Å². The van der Waals surface area contributed by atoms with Crippen molar-refractivity contribution in [2.24, 2.45) is 0 Å². The maximum absolute atomic E-state index is 10.8. The number of hydrogen-bond acceptors (Lipinski definition) is 4. The molecule has 1 spiro atoms. The van der Waals surface area contributed by atoms with Crippen LogP contribution in [0, 0.1) is 6.92 Å². The second-order valence-electron chi connectivity index (χ2n) is 9.24. The van der Waals surface area contributed by atoms with E-state index in [-0.39, 0.29) is 5.60 Å². The van der Waals surface area contributed by atoms with E-state index in [9.17, 15) is 10.2 Å². The molecular weight excluding hydrogens is 362 g/mol. The molecule has 2 heterocycles. The highest BCUT2D eigenvalue weighted by atomic mass is 16.5. The molecule has 3 aliphatic rings. The molecule has 4 heteroatoms. The zero-order valence-corrected chi connectivity index (χ0v) is 17.2. The monoisotopic (exact) mass is 393 g/mol. The molecule has 29 heavy (non-hydrogen) atoms. The highest BCUT2D eigenvalue weighted by Crippen LogP contribution is 2.44. The molecule has 0 radical (unpaired) electrons. The second kappa shape index (κ2) is 7.42. The molecule has 1 saturated heterocycles. The van der Waals surface area contributed by atoms with Gasteiger partial charge >= 0.3 is 0 Å². The van der Waals surface area contributed by atoms with E-state index in [2.05, 4.69) is 23.1 Å². The van der Waals surface area contributed by atoms with E-state index in [0.717, 1.165) is 54.8 Å². The van der Waals surface area contributed by atoms with Crippen molar-refractivity contribution in [1.82, 2.24) is 4.90 Å². The number of nitrogens with zero attached hydrogens (tertiary/aromatic N) is 1. The first-order chi connectivity index (χ1) is 14.0. The summed E-state index contributed by atoms with van der Waals surface area (Å²) in [5.41, 5.74) is 5.70. The number of ether oxygens (including phenoxy) is 1. The van der Waals surface area contributed by atoms with Gasteiger partial charge in [0.05, 0.1) is 12.2 Å². The van der Waals surface area contributed by atoms with Gasteiger partial charge in [-0.15, -0.1) is 0 Å². The van der Waals surface area contributed by atoms with E-state index < -0.39 is 12.2 Å². The Labute approximate surface area is 173 Å². The topological polar surface area (TPSA) is 52.9 Å². The number of likely N-dealkylation sites (tertiary alicyclic amines) is 1. The van der Waals surface area contributed by atoms with Crippen molar-refractivity contribution in [3.63, 3.8) is 0 Å². The first-order valence-corrected chi connectivity index (χ1v) is 11.0. The number of aryl methyl sites for hydroxylation is 3. The van der Waals surface area contributed by atoms with E-state index in [1.54, 1.807) is 0 Å². The summed E-state index contributed by atoms with van der Waals surface area (Å²) in [6.45, 7) is 4.47. The van der Waals surface area contributed by atoms with Gasteiger partial charge in [0.2, 0.25) is 0 Å². The number of benzene rings is 2. The van der Waals surface area contributed by atoms with Crippen molar-refractivity contribution in [1.29, 1.82) is 0 Å². The summed E-state index contributed by atoms with van der Waals surface area (Å²) < 4.78 is 6.42. The minimum absolute atomic E-state index is 0.281. The van der Waals surface area contributed by atoms with Gasteiger partial charge in [0.1, 0.15) is 11.4 Å². The fraction of sp³-hybridized carbons (Fsp3) is 0.520. The predicted molar refractivity (Wildman–Crippen MR) is 113 cm³/mol. The summed E-state index contributed by atoms with van der Waals surface area (Å²) in [7, 11) is 0. The van der Waals surface area contributed by atoms with E-state index in [4.69, 9.17) is 4.74 Å². The van der Waals surface area contributed by atoms with E-state index in [1.165, 1.54) is 24.0 Å². The molecule has 0 saturated carbocycles. The molecule has 2 N–H and O–H groups in total. The van der Waals surface area contributed by atoms with E-state index >= 15 is 0 Å². The molecule has 0 aromatic heterocycles. The summed E-state index contributed by atoms with van der Waals surface area (Å²) in [5, 5.41) is 21.5. The lowest BCUT2D eigenvalue weighted by Crippen LogP contribution is -2.51. The average molecular weight is 394 g/mol. The Kier molecular flexibility index (Phi) is 4.89. The van der Waals surface area contributed by atoms with Gasteiger partial charge in [-0.1, -0.05) is 29.8 Å². The van der Waals surface area contributed by atoms with Crippen LogP contribution in [0.2, 0.25) is 0 Å². The van der Waals surface area contributed by atoms with Crippen LogP contribution in [0.4, 0.5) is 0 Å². The van der Waals surface area contributed by atoms with Gasteiger partial charge in [-0.05, 0) is 67.9 Å². The molecule has 2 aromatic carbocycles. The van der Waals surface area contributed by atoms with E-state index in [0.29, 0.717) is 13.0 Å². The predicted octanol–water partition coefficient (Wildman–Crippen LogP) is 3.87. The molecule has 1 aliphatic carbocycles. The van der Waals surface area contributed by atoms with E-state index in [1.807, 2.05) is 25.1 Å². The smallest absolute Gasteiger partial charge is 0.125 e. The number of aliphatic hydroxyl groups excluding tert-OH is 2. The van der Waals surface area contributed by atoms with Crippen LogP contribution in [0.1, 0.15) is 65.7 Å². The van der Waals surface area contributed by atoms with Crippen LogP contribution in [0.3, 0.4) is 0 Å². The Balaban J connectivity index is 1.22. The van der Waals surface area contributed by atoms with Crippen LogP contribution < -0.4 is 4.74 Å². The lowest BCUT2D eigenvalue weighted by molar-refractivity contribution is -0.0588. The quantitative estimate of drug-likeness (QED) is 0.831. The SMILES string of the molecule is Cc1ccc2c(c1)[C@H](O)CC1(CCN(C[C@H](O)c3ccc4c(c3)CCC4)CC1)O2. The number of hydrogen-bond donors (Lipinski definition) is 2. The molecule has 4 nitrogen and oxygen atoms in total. The Morgan fingerprint density at radius 1 is 1.10 bits per heavy atom. The van der Waals surface area contributed by atoms with Crippen molar-refractivity contribution < 1.29 is 14.9 Å². The van der Waals surface area contributed by atoms with Crippen molar-refractivity contribution in [2.45, 2.75) is 63.3 Å². The van der Waals surface area contributed by atoms with Gasteiger partial charge in [0.25, 0.3) is 0 Å². The Morgan fingerprint density at radius 2 is 1.90 bits per heavy atom. The van der Waals surface area contributed by atoms with Crippen LogP contribution in [0.15, 0.2) is 36.4 Å². The summed E-state index contributed by atoms with van der Waals surface area (Å²) in [4.78, 5) is 2.34. The molecule has 2 atom stereocenters. The van der Waals surface area contributed by atoms with Gasteiger partial charge in [0.15, 0.2) is 0 Å². The standard InChI is InChI=1S/C25H31NO3/c1-17-5-8-24-21(13-17)22(27)15-25(29-24)9-11-26(12-10-25)16-23(28)20-7-6-18-3-2-4-19(18)14-20/h5-8,13-14,22-23,27-28H,2-4,9-12,15-16H2,1H3/t22-,23+/m1/s1. The van der Waals surface area contributed by atoms with Crippen LogP contribution in [-0.4, -0.2) is 40.3 Å². The molecule has 5 rings (SSSR count). The summed E-state index contributed by atoms with van der Waals surface area (Å²) in [6.07, 6.45) is 5.07. The molecule has 1 fully saturated rings. The summed E-state index contributed by atoms with van der Waals surface area (Å²) in [5.74, 6) is 0.834. The molecule has 0 bridgehead atoms. The van der Waals surface area contributed by atoms with Crippen LogP contribution >= 0.6 is 0 Å². The van der Waals surface area contributed by atoms with Crippen LogP contribution in [-0.2, 0) is 12.8 Å². The Hall–Kier alpha value is -1.88. The fourth-order valence-corrected chi connectivity index (χ4v) is 5.36. The minimum Gasteiger partial charge on any atom is -0.487 e. The molecule has 2 aliphatic heterocycles. The lowest BCUT2D eigenvalue weighted by atomic mass is 9.81. The lowest BCUT2D eigenvalue weighted by Gasteiger charge is -2.46. The third kappa shape index (κ3) is 3.70. The normalized spacial score (nSPS) is 24.0. The molecule has 154 valence electrons. The van der Waals surface area contributed by atoms with Gasteiger partial charge in [-0.3, -0.25) is 0 Å². The van der Waals surface area contributed by atoms with Crippen molar-refractivity contribution >= 4 is 0 Å². The minimum atomic E-state index is -0.456. The summed E-state index contributed by atoms with van der Waals surface area (Å²) in [6, 6.07) is 12.6. The van der Waals surface area contributed by atoms with Crippen LogP contribution in [0.5, 0.6) is 5.75 Å². The first kappa shape index (κ1) is 19.1. The second-order valence-corrected chi connectivity index (χ2v) is 9.24. The number of fused-ring (bicyclic) bond motifs is 2. The third-order valence-electron chi connectivity index (χ3n) is 7.12. The molecule has 0 unspecified atom stereocenters. The first-order valence-electron chi connectivity index (χ1n) is 11.0. The zero-order chi connectivity index (χ0) is 20.0. The van der Waals surface area contributed by atoms with Crippen molar-refractivity contribution in [2.75, 3.05) is 19.6 Å². The third-order valence-corrected chi connectivity index (χ3v) is 7.12. The maximum Gasteiger partial charge on any atom is 0.125 e. The Bertz CT molecular complexity index is 901. The zero-order valence-electron chi connectivity index (χ0n) is 17.2. The average Bonchev–Trinajstić information content (AvgIpc) is 3.18. The summed E-state index contributed by atoms with van der Waals surface area (Å²) >= 11 is 0. The van der Waals surface area contributed by atoms with Gasteiger partial charge in [-0.2, -0.15) is 0 Å². The number of β-amino-alcohol motifs (C(OH)–C–C–N with tert-alkyl or cyclic N) is 1. The van der Waals surface area contributed by atoms with Crippen LogP contribution in [0.25, 0.3) is 0 Å². The Morgan fingerprint density at radius 3 is 2.72 bits per heavy atom. The highest BCUT2D eigenvalue weighted by molar-refractivity contribution is 5.41. The van der Waals surface area contributed by atoms with Gasteiger partial charge < -0.3 is 19.8 Å². The molecule has 0 amide bonds. The molecule has 2 aromatic rings. The highest BCUT2D eigenvalue weighted by Gasteiger charge is 2.43. The number of piperidine rings is 1. The van der Waals surface area contributed by atoms with Gasteiger partial charge in [-0.25, -0.2) is 0 Å². The largest absolute Gasteiger partial charge is 0.487 e. The van der Waals surface area contributed by atoms with Crippen molar-refractivity contribution in [3.05, 3.63) is 64.2 Å². The molecular formula is C25H31NO3. The fourth-order valence-electron chi connectivity index (χ4n) is 5.36. The number of rotatable bonds is 3. The van der Waals surface area contributed by atoms with Gasteiger partial charge in [0, 0.05) is 31.6 Å². The number of aliphatic hydroxyl groups is 2. The maximum atomic E-state index is 10.8.